The lowest BCUT2D eigenvalue weighted by Crippen LogP contribution is -2.06. The Morgan fingerprint density at radius 2 is 1.94 bits per heavy atom. The maximum Gasteiger partial charge on any atom is 0.107 e. The molecule has 0 saturated heterocycles. The summed E-state index contributed by atoms with van der Waals surface area (Å²) in [6.45, 7) is 0.733. The molecule has 1 aromatic heterocycles. The number of allylic oxidation sites excluding steroid dienone is 1. The zero-order valence-corrected chi connectivity index (χ0v) is 8.88. The van der Waals surface area contributed by atoms with Gasteiger partial charge in [0.15, 0.2) is 0 Å². The zero-order chi connectivity index (χ0) is 11.1. The van der Waals surface area contributed by atoms with Gasteiger partial charge in [-0.05, 0) is 29.1 Å². The number of nitrogens with zero attached hydrogens (tertiary/aromatic N) is 2. The fourth-order valence-corrected chi connectivity index (χ4v) is 1.36. The van der Waals surface area contributed by atoms with Crippen LogP contribution in [-0.4, -0.2) is 17.9 Å². The van der Waals surface area contributed by atoms with Crippen molar-refractivity contribution in [1.82, 2.24) is 10.3 Å². The van der Waals surface area contributed by atoms with E-state index >= 15 is 0 Å². The Hall–Kier alpha value is -2.16. The third-order valence-corrected chi connectivity index (χ3v) is 2.14. The molecule has 0 aliphatic carbocycles. The van der Waals surface area contributed by atoms with Gasteiger partial charge in [-0.15, -0.1) is 0 Å². The molecule has 0 fully saturated rings. The van der Waals surface area contributed by atoms with E-state index in [0.29, 0.717) is 0 Å². The maximum absolute atomic E-state index is 4.01. The maximum atomic E-state index is 4.01. The van der Waals surface area contributed by atoms with Crippen LogP contribution in [0.5, 0.6) is 0 Å². The third kappa shape index (κ3) is 2.92. The van der Waals surface area contributed by atoms with Crippen molar-refractivity contribution < 1.29 is 0 Å². The standard InChI is InChI=1S/C9H7N.C4H6N2/c1-2-4-9-7-10-6-5-8(9)3-1;1-2-5-4-6-3-1/h1-7H;1-3,5H,4H2. The fourth-order valence-electron chi connectivity index (χ4n) is 1.36. The van der Waals surface area contributed by atoms with Crippen LogP contribution in [0.4, 0.5) is 0 Å². The average Bonchev–Trinajstić information content (AvgIpc) is 2.42. The number of fused-ring (bicyclic) bond motifs is 1. The first-order valence-electron chi connectivity index (χ1n) is 5.14. The molecular weight excluding hydrogens is 198 g/mol. The third-order valence-electron chi connectivity index (χ3n) is 2.14. The molecule has 0 unspecified atom stereocenters. The summed E-state index contributed by atoms with van der Waals surface area (Å²) in [6, 6.07) is 10.2. The lowest BCUT2D eigenvalue weighted by Gasteiger charge is -1.94. The van der Waals surface area contributed by atoms with Gasteiger partial charge in [0.2, 0.25) is 0 Å². The summed E-state index contributed by atoms with van der Waals surface area (Å²) in [6.07, 6.45) is 9.19. The van der Waals surface area contributed by atoms with E-state index in [1.54, 1.807) is 6.21 Å². The summed E-state index contributed by atoms with van der Waals surface area (Å²) in [7, 11) is 0. The lowest BCUT2D eigenvalue weighted by molar-refractivity contribution is 0.879. The second kappa shape index (κ2) is 5.66. The Morgan fingerprint density at radius 1 is 1.06 bits per heavy atom. The lowest BCUT2D eigenvalue weighted by atomic mass is 10.2. The van der Waals surface area contributed by atoms with E-state index in [1.165, 1.54) is 10.8 Å². The molecule has 80 valence electrons. The molecule has 3 heteroatoms. The van der Waals surface area contributed by atoms with Crippen LogP contribution in [0.1, 0.15) is 0 Å². The molecule has 0 saturated carbocycles. The summed E-state index contributed by atoms with van der Waals surface area (Å²) in [5.74, 6) is 0. The van der Waals surface area contributed by atoms with Crippen LogP contribution in [0.3, 0.4) is 0 Å². The highest BCUT2D eigenvalue weighted by Crippen LogP contribution is 2.09. The second-order valence-corrected chi connectivity index (χ2v) is 3.28. The fraction of sp³-hybridized carbons (Fsp3) is 0.0769. The summed E-state index contributed by atoms with van der Waals surface area (Å²) in [4.78, 5) is 7.87. The van der Waals surface area contributed by atoms with E-state index in [1.807, 2.05) is 42.9 Å². The first-order chi connectivity index (χ1) is 7.97. The monoisotopic (exact) mass is 211 g/mol. The molecule has 0 radical (unpaired) electrons. The number of aliphatic imine (C=N–C) groups is 1. The van der Waals surface area contributed by atoms with Gasteiger partial charge in [-0.1, -0.05) is 24.3 Å². The Balaban J connectivity index is 0.000000138. The van der Waals surface area contributed by atoms with Gasteiger partial charge < -0.3 is 5.32 Å². The molecule has 0 bridgehead atoms. The van der Waals surface area contributed by atoms with Gasteiger partial charge in [0.25, 0.3) is 0 Å². The Morgan fingerprint density at radius 3 is 2.50 bits per heavy atom. The Bertz CT molecular complexity index is 426. The van der Waals surface area contributed by atoms with Crippen LogP contribution in [-0.2, 0) is 0 Å². The number of aromatic nitrogens is 1. The zero-order valence-electron chi connectivity index (χ0n) is 8.88. The molecule has 1 aromatic carbocycles. The van der Waals surface area contributed by atoms with Crippen molar-refractivity contribution >= 4 is 17.0 Å². The van der Waals surface area contributed by atoms with Gasteiger partial charge in [-0.2, -0.15) is 0 Å². The highest BCUT2D eigenvalue weighted by atomic mass is 15.0. The predicted octanol–water partition coefficient (Wildman–Crippen LogP) is 2.37. The molecule has 2 heterocycles. The van der Waals surface area contributed by atoms with Gasteiger partial charge in [0.1, 0.15) is 6.67 Å². The van der Waals surface area contributed by atoms with Gasteiger partial charge in [0, 0.05) is 18.6 Å². The summed E-state index contributed by atoms with van der Waals surface area (Å²) < 4.78 is 0. The van der Waals surface area contributed by atoms with Crippen molar-refractivity contribution in [3.05, 3.63) is 55.0 Å². The smallest absolute Gasteiger partial charge is 0.107 e. The van der Waals surface area contributed by atoms with Gasteiger partial charge >= 0.3 is 0 Å². The second-order valence-electron chi connectivity index (χ2n) is 3.28. The molecule has 0 atom stereocenters. The number of hydrogen-bond acceptors (Lipinski definition) is 3. The van der Waals surface area contributed by atoms with Crippen LogP contribution >= 0.6 is 0 Å². The van der Waals surface area contributed by atoms with Gasteiger partial charge in [-0.3, -0.25) is 9.98 Å². The number of pyridine rings is 1. The molecule has 0 amide bonds. The van der Waals surface area contributed by atoms with Crippen LogP contribution in [0.25, 0.3) is 10.8 Å². The van der Waals surface area contributed by atoms with Crippen LogP contribution in [0.2, 0.25) is 0 Å². The summed E-state index contributed by atoms with van der Waals surface area (Å²) in [5.41, 5.74) is 0. The van der Waals surface area contributed by atoms with Crippen molar-refractivity contribution in [1.29, 1.82) is 0 Å². The van der Waals surface area contributed by atoms with E-state index in [9.17, 15) is 0 Å². The molecule has 1 aliphatic heterocycles. The predicted molar refractivity (Wildman–Crippen MR) is 67.4 cm³/mol. The molecule has 3 nitrogen and oxygen atoms in total. The minimum Gasteiger partial charge on any atom is -0.372 e. The van der Waals surface area contributed by atoms with Crippen molar-refractivity contribution in [2.24, 2.45) is 4.99 Å². The quantitative estimate of drug-likeness (QED) is 0.726. The largest absolute Gasteiger partial charge is 0.372 e. The first kappa shape index (κ1) is 10.4. The van der Waals surface area contributed by atoms with Crippen molar-refractivity contribution in [3.8, 4) is 0 Å². The average molecular weight is 211 g/mol. The van der Waals surface area contributed by atoms with E-state index < -0.39 is 0 Å². The molecule has 3 rings (SSSR count). The topological polar surface area (TPSA) is 37.3 Å². The summed E-state index contributed by atoms with van der Waals surface area (Å²) >= 11 is 0. The normalized spacial score (nSPS) is 12.8. The van der Waals surface area contributed by atoms with Crippen LogP contribution in [0.15, 0.2) is 60.0 Å². The van der Waals surface area contributed by atoms with E-state index in [0.717, 1.165) is 6.67 Å². The Labute approximate surface area is 94.5 Å². The van der Waals surface area contributed by atoms with E-state index in [4.69, 9.17) is 0 Å². The SMILES string of the molecule is C1=CNCN=C1.c1ccc2cnccc2c1. The molecule has 2 aromatic rings. The molecule has 1 aliphatic rings. The van der Waals surface area contributed by atoms with Crippen LogP contribution in [0, 0.1) is 0 Å². The van der Waals surface area contributed by atoms with Crippen molar-refractivity contribution in [3.63, 3.8) is 0 Å². The molecule has 1 N–H and O–H groups in total. The Kier molecular flexibility index (Phi) is 3.66. The number of hydrogen-bond donors (Lipinski definition) is 1. The van der Waals surface area contributed by atoms with Crippen molar-refractivity contribution in [2.45, 2.75) is 0 Å². The number of nitrogens with one attached hydrogen (secondary N) is 1. The van der Waals surface area contributed by atoms with E-state index in [-0.39, 0.29) is 0 Å². The molecule has 16 heavy (non-hydrogen) atoms. The van der Waals surface area contributed by atoms with Gasteiger partial charge in [-0.25, -0.2) is 0 Å². The first-order valence-corrected chi connectivity index (χ1v) is 5.14. The minimum atomic E-state index is 0.733. The molecule has 0 spiro atoms. The van der Waals surface area contributed by atoms with Gasteiger partial charge in [0.05, 0.1) is 0 Å². The van der Waals surface area contributed by atoms with E-state index in [2.05, 4.69) is 27.4 Å². The molecular formula is C13H13N3. The highest BCUT2D eigenvalue weighted by Gasteiger charge is 1.86. The highest BCUT2D eigenvalue weighted by molar-refractivity contribution is 5.80. The van der Waals surface area contributed by atoms with Crippen LogP contribution < -0.4 is 5.32 Å². The minimum absolute atomic E-state index is 0.733. The number of rotatable bonds is 0. The number of benzene rings is 1. The summed E-state index contributed by atoms with van der Waals surface area (Å²) in [5, 5.41) is 5.35. The van der Waals surface area contributed by atoms with Crippen molar-refractivity contribution in [2.75, 3.05) is 6.67 Å².